The second-order valence-corrected chi connectivity index (χ2v) is 12.9. The number of fused-ring (bicyclic) bond motifs is 3. The van der Waals surface area contributed by atoms with Gasteiger partial charge in [0.2, 0.25) is 0 Å². The molecule has 0 spiro atoms. The summed E-state index contributed by atoms with van der Waals surface area (Å²) in [6, 6.07) is 3.92. The van der Waals surface area contributed by atoms with Crippen molar-refractivity contribution in [2.45, 2.75) is 113 Å². The molecule has 252 valence electrons. The standard InChI is InChI=1S/C32H40O14/c1-4-32(42)10-17(45-18-9-16(35)30(12(3)44-18)46-19-8-15(34)25(36)11(2)43-19)21-24(31(32)41)29(40)22-23(28(21)39)27(38)20-13(26(22)37)6-5-7-14(20)33/h5-7,11-12,15-19,22-23,25,30-31,33-36,39-42H,4,8-10H2,1-3H3/t11?,12?,15?,16?,17?,18?,19?,22?,23?,25?,30?,31?,32-/m1/s1. The van der Waals surface area contributed by atoms with Gasteiger partial charge in [0.05, 0.1) is 53.5 Å². The van der Waals surface area contributed by atoms with E-state index in [0.29, 0.717) is 0 Å². The maximum absolute atomic E-state index is 13.6. The van der Waals surface area contributed by atoms with Gasteiger partial charge < -0.3 is 59.8 Å². The first kappa shape index (κ1) is 33.0. The first-order chi connectivity index (χ1) is 21.7. The van der Waals surface area contributed by atoms with E-state index in [2.05, 4.69) is 0 Å². The van der Waals surface area contributed by atoms with Crippen LogP contribution < -0.4 is 0 Å². The molecule has 6 rings (SSSR count). The molecule has 14 heteroatoms. The van der Waals surface area contributed by atoms with Gasteiger partial charge >= 0.3 is 0 Å². The third kappa shape index (κ3) is 5.16. The Balaban J connectivity index is 1.29. The number of carbonyl (C=O) groups excluding carboxylic acids is 2. The summed E-state index contributed by atoms with van der Waals surface area (Å²) in [5.74, 6) is -6.61. The number of allylic oxidation sites excluding steroid dienone is 2. The molecule has 0 bridgehead atoms. The van der Waals surface area contributed by atoms with Crippen molar-refractivity contribution in [2.75, 3.05) is 0 Å². The van der Waals surface area contributed by atoms with Gasteiger partial charge in [0.1, 0.15) is 35.6 Å². The Morgan fingerprint density at radius 1 is 0.848 bits per heavy atom. The number of benzene rings is 1. The van der Waals surface area contributed by atoms with Gasteiger partial charge in [-0.25, -0.2) is 0 Å². The van der Waals surface area contributed by atoms with Crippen molar-refractivity contribution < 1.29 is 69.4 Å². The van der Waals surface area contributed by atoms with Crippen LogP contribution in [0.25, 0.3) is 0 Å². The number of hydrogen-bond donors (Lipinski definition) is 8. The Kier molecular flexibility index (Phi) is 8.57. The van der Waals surface area contributed by atoms with Gasteiger partial charge in [-0.3, -0.25) is 9.59 Å². The average Bonchev–Trinajstić information content (AvgIpc) is 2.99. The summed E-state index contributed by atoms with van der Waals surface area (Å²) < 4.78 is 23.7. The van der Waals surface area contributed by atoms with Crippen molar-refractivity contribution in [1.29, 1.82) is 0 Å². The molecule has 0 radical (unpaired) electrons. The van der Waals surface area contributed by atoms with Gasteiger partial charge in [0.15, 0.2) is 24.1 Å². The molecule has 1 aromatic rings. The summed E-state index contributed by atoms with van der Waals surface area (Å²) in [5, 5.41) is 87.4. The third-order valence-electron chi connectivity index (χ3n) is 10.1. The molecule has 2 saturated heterocycles. The number of aliphatic hydroxyl groups excluding tert-OH is 6. The number of phenolic OH excluding ortho intramolecular Hbond substituents is 1. The van der Waals surface area contributed by atoms with Crippen LogP contribution in [0.15, 0.2) is 40.9 Å². The number of carbonyl (C=O) groups is 2. The molecular weight excluding hydrogens is 608 g/mol. The van der Waals surface area contributed by atoms with Crippen LogP contribution in [0.5, 0.6) is 5.75 Å². The van der Waals surface area contributed by atoms with Crippen molar-refractivity contribution in [1.82, 2.24) is 0 Å². The second kappa shape index (κ2) is 12.0. The van der Waals surface area contributed by atoms with E-state index in [-0.39, 0.29) is 48.0 Å². The predicted octanol–water partition coefficient (Wildman–Crippen LogP) is 0.670. The van der Waals surface area contributed by atoms with E-state index in [9.17, 15) is 50.4 Å². The zero-order valence-electron chi connectivity index (χ0n) is 25.5. The minimum absolute atomic E-state index is 0.0165. The van der Waals surface area contributed by atoms with Crippen LogP contribution in [0, 0.1) is 11.8 Å². The first-order valence-corrected chi connectivity index (χ1v) is 15.5. The molecule has 2 aliphatic heterocycles. The molecule has 0 amide bonds. The third-order valence-corrected chi connectivity index (χ3v) is 10.1. The number of ketones is 2. The molecule has 14 nitrogen and oxygen atoms in total. The van der Waals surface area contributed by atoms with Crippen LogP contribution in [0.1, 0.15) is 67.2 Å². The number of phenols is 1. The average molecular weight is 649 g/mol. The SMILES string of the molecule is CC[C@@]1(O)CC(OC2CC(O)C(OC3CC(O)C(O)C(C)O3)C(C)O2)C2=C(O)C3C(=O)c4c(O)cccc4C(=O)C3C(O)=C2C1O. The summed E-state index contributed by atoms with van der Waals surface area (Å²) in [6.45, 7) is 4.80. The van der Waals surface area contributed by atoms with Crippen molar-refractivity contribution in [3.63, 3.8) is 0 Å². The van der Waals surface area contributed by atoms with Gasteiger partial charge in [-0.1, -0.05) is 19.1 Å². The number of aliphatic hydroxyl groups is 7. The molecule has 12 unspecified atom stereocenters. The molecule has 1 aromatic carbocycles. The highest BCUT2D eigenvalue weighted by molar-refractivity contribution is 6.19. The smallest absolute Gasteiger partial charge is 0.179 e. The fourth-order valence-corrected chi connectivity index (χ4v) is 7.46. The van der Waals surface area contributed by atoms with Crippen molar-refractivity contribution in [3.05, 3.63) is 52.0 Å². The molecule has 1 saturated carbocycles. The number of aromatic hydroxyl groups is 1. The van der Waals surface area contributed by atoms with Crippen molar-refractivity contribution in [2.24, 2.45) is 11.8 Å². The minimum atomic E-state index is -1.88. The lowest BCUT2D eigenvalue weighted by Gasteiger charge is -2.48. The van der Waals surface area contributed by atoms with Crippen molar-refractivity contribution >= 4 is 11.6 Å². The molecule has 3 aliphatic carbocycles. The van der Waals surface area contributed by atoms with Gasteiger partial charge in [0, 0.05) is 36.0 Å². The molecule has 46 heavy (non-hydrogen) atoms. The van der Waals surface area contributed by atoms with Gasteiger partial charge in [-0.15, -0.1) is 0 Å². The minimum Gasteiger partial charge on any atom is -0.511 e. The topological polar surface area (TPSA) is 233 Å². The Morgan fingerprint density at radius 3 is 2.11 bits per heavy atom. The van der Waals surface area contributed by atoms with E-state index in [1.807, 2.05) is 0 Å². The fraction of sp³-hybridized carbons (Fsp3) is 0.625. The molecule has 2 heterocycles. The summed E-state index contributed by atoms with van der Waals surface area (Å²) in [6.07, 6.45) is -11.4. The molecule has 13 atom stereocenters. The molecular formula is C32H40O14. The van der Waals surface area contributed by atoms with E-state index < -0.39 is 108 Å². The molecule has 8 N–H and O–H groups in total. The molecule has 3 fully saturated rings. The van der Waals surface area contributed by atoms with E-state index >= 15 is 0 Å². The zero-order valence-corrected chi connectivity index (χ0v) is 25.5. The van der Waals surface area contributed by atoms with E-state index in [4.69, 9.17) is 18.9 Å². The van der Waals surface area contributed by atoms with Crippen LogP contribution in [0.2, 0.25) is 0 Å². The largest absolute Gasteiger partial charge is 0.511 e. The number of ether oxygens (including phenoxy) is 4. The quantitative estimate of drug-likeness (QED) is 0.219. The number of Topliss-reactive ketones (excluding diaryl/α,β-unsaturated/α-hetero) is 2. The first-order valence-electron chi connectivity index (χ1n) is 15.5. The summed E-state index contributed by atoms with van der Waals surface area (Å²) in [7, 11) is 0. The second-order valence-electron chi connectivity index (χ2n) is 12.9. The van der Waals surface area contributed by atoms with Crippen molar-refractivity contribution in [3.8, 4) is 5.75 Å². The highest BCUT2D eigenvalue weighted by Gasteiger charge is 2.58. The normalized spacial score (nSPS) is 42.9. The monoisotopic (exact) mass is 648 g/mol. The van der Waals surface area contributed by atoms with Crippen LogP contribution in [0.3, 0.4) is 0 Å². The van der Waals surface area contributed by atoms with Crippen LogP contribution in [-0.2, 0) is 18.9 Å². The fourth-order valence-electron chi connectivity index (χ4n) is 7.46. The number of rotatable bonds is 5. The van der Waals surface area contributed by atoms with E-state index in [1.165, 1.54) is 18.2 Å². The van der Waals surface area contributed by atoms with E-state index in [0.717, 1.165) is 0 Å². The Bertz CT molecular complexity index is 1450. The lowest BCUT2D eigenvalue weighted by molar-refractivity contribution is -0.316. The summed E-state index contributed by atoms with van der Waals surface area (Å²) >= 11 is 0. The lowest BCUT2D eigenvalue weighted by atomic mass is 9.62. The molecule has 5 aliphatic rings. The Hall–Kier alpha value is -2.92. The van der Waals surface area contributed by atoms with Gasteiger partial charge in [0.25, 0.3) is 0 Å². The van der Waals surface area contributed by atoms with Gasteiger partial charge in [-0.2, -0.15) is 0 Å². The predicted molar refractivity (Wildman–Crippen MR) is 155 cm³/mol. The van der Waals surface area contributed by atoms with E-state index in [1.54, 1.807) is 20.8 Å². The Labute approximate surface area is 264 Å². The van der Waals surface area contributed by atoms with Crippen LogP contribution in [0.4, 0.5) is 0 Å². The summed E-state index contributed by atoms with van der Waals surface area (Å²) in [4.78, 5) is 27.2. The summed E-state index contributed by atoms with van der Waals surface area (Å²) in [5.41, 5.74) is -2.85. The highest BCUT2D eigenvalue weighted by Crippen LogP contribution is 2.52. The molecule has 0 aromatic heterocycles. The van der Waals surface area contributed by atoms with Gasteiger partial charge in [-0.05, 0) is 26.3 Å². The highest BCUT2D eigenvalue weighted by atomic mass is 16.7. The van der Waals surface area contributed by atoms with Crippen LogP contribution >= 0.6 is 0 Å². The zero-order chi connectivity index (χ0) is 33.4. The lowest BCUT2D eigenvalue weighted by Crippen LogP contribution is -2.57. The maximum atomic E-state index is 13.6. The Morgan fingerprint density at radius 2 is 1.46 bits per heavy atom. The van der Waals surface area contributed by atoms with Crippen LogP contribution in [-0.4, -0.2) is 119 Å². The maximum Gasteiger partial charge on any atom is 0.179 e. The number of hydrogen-bond acceptors (Lipinski definition) is 14.